The Morgan fingerprint density at radius 2 is 2.06 bits per heavy atom. The summed E-state index contributed by atoms with van der Waals surface area (Å²) < 4.78 is 28.8. The highest BCUT2D eigenvalue weighted by molar-refractivity contribution is 7.15. The predicted octanol–water partition coefficient (Wildman–Crippen LogP) is 2.41. The molecule has 18 heavy (non-hydrogen) atoms. The number of halogens is 2. The number of rotatable bonds is 4. The van der Waals surface area contributed by atoms with Crippen molar-refractivity contribution in [1.82, 2.24) is 4.98 Å². The lowest BCUT2D eigenvalue weighted by Crippen LogP contribution is -2.07. The minimum absolute atomic E-state index is 0.0630. The number of aromatic nitrogens is 1. The number of aliphatic hydroxyl groups is 1. The highest BCUT2D eigenvalue weighted by atomic mass is 32.1. The first-order valence-corrected chi connectivity index (χ1v) is 5.82. The third-order valence-corrected chi connectivity index (χ3v) is 3.12. The van der Waals surface area contributed by atoms with Crippen LogP contribution in [0.1, 0.15) is 16.5 Å². The van der Waals surface area contributed by atoms with E-state index in [0.717, 1.165) is 11.3 Å². The Morgan fingerprint density at radius 3 is 2.67 bits per heavy atom. The van der Waals surface area contributed by atoms with E-state index in [1.165, 1.54) is 18.3 Å². The molecule has 1 atom stereocenters. The van der Waals surface area contributed by atoms with Gasteiger partial charge >= 0.3 is 6.61 Å². The molecule has 2 rings (SSSR count). The monoisotopic (exact) mass is 272 g/mol. The van der Waals surface area contributed by atoms with E-state index in [1.807, 2.05) is 0 Å². The van der Waals surface area contributed by atoms with Gasteiger partial charge in [-0.25, -0.2) is 4.98 Å². The van der Waals surface area contributed by atoms with Crippen LogP contribution in [0.15, 0.2) is 30.5 Å². The molecule has 96 valence electrons. The van der Waals surface area contributed by atoms with E-state index in [4.69, 9.17) is 5.73 Å². The SMILES string of the molecule is Nc1ncc(C(O)c2ccccc2OC(F)F)s1. The molecule has 0 radical (unpaired) electrons. The molecule has 2 aromatic rings. The Balaban J connectivity index is 2.32. The van der Waals surface area contributed by atoms with Gasteiger partial charge in [-0.15, -0.1) is 0 Å². The fraction of sp³-hybridized carbons (Fsp3) is 0.182. The van der Waals surface area contributed by atoms with Crippen molar-refractivity contribution < 1.29 is 18.6 Å². The lowest BCUT2D eigenvalue weighted by Gasteiger charge is -2.14. The van der Waals surface area contributed by atoms with Crippen LogP contribution in [0.2, 0.25) is 0 Å². The zero-order valence-electron chi connectivity index (χ0n) is 9.09. The van der Waals surface area contributed by atoms with Gasteiger partial charge in [0.15, 0.2) is 5.13 Å². The molecule has 0 amide bonds. The summed E-state index contributed by atoms with van der Waals surface area (Å²) in [5.74, 6) is -0.0630. The number of hydrogen-bond donors (Lipinski definition) is 2. The lowest BCUT2D eigenvalue weighted by molar-refractivity contribution is -0.0512. The molecule has 1 unspecified atom stereocenters. The Hall–Kier alpha value is -1.73. The number of ether oxygens (including phenoxy) is 1. The lowest BCUT2D eigenvalue weighted by atomic mass is 10.1. The number of hydrogen-bond acceptors (Lipinski definition) is 5. The fourth-order valence-electron chi connectivity index (χ4n) is 1.49. The number of nitrogens with two attached hydrogens (primary N) is 1. The van der Waals surface area contributed by atoms with Crippen LogP contribution in [0.25, 0.3) is 0 Å². The van der Waals surface area contributed by atoms with Crippen molar-refractivity contribution in [3.05, 3.63) is 40.9 Å². The second-order valence-electron chi connectivity index (χ2n) is 3.42. The third kappa shape index (κ3) is 2.74. The van der Waals surface area contributed by atoms with Gasteiger partial charge in [0.25, 0.3) is 0 Å². The van der Waals surface area contributed by atoms with Gasteiger partial charge in [0, 0.05) is 11.8 Å². The molecule has 1 heterocycles. The van der Waals surface area contributed by atoms with Gasteiger partial charge in [0.2, 0.25) is 0 Å². The fourth-order valence-corrected chi connectivity index (χ4v) is 2.18. The molecule has 0 bridgehead atoms. The van der Waals surface area contributed by atoms with Gasteiger partial charge < -0.3 is 15.6 Å². The van der Waals surface area contributed by atoms with Crippen molar-refractivity contribution in [3.63, 3.8) is 0 Å². The molecular weight excluding hydrogens is 262 g/mol. The number of anilines is 1. The van der Waals surface area contributed by atoms with Crippen molar-refractivity contribution in [3.8, 4) is 5.75 Å². The molecule has 0 saturated heterocycles. The van der Waals surface area contributed by atoms with Crippen LogP contribution < -0.4 is 10.5 Å². The molecule has 4 nitrogen and oxygen atoms in total. The van der Waals surface area contributed by atoms with Crippen LogP contribution in [-0.2, 0) is 0 Å². The highest BCUT2D eigenvalue weighted by Gasteiger charge is 2.19. The molecule has 1 aromatic heterocycles. The van der Waals surface area contributed by atoms with E-state index >= 15 is 0 Å². The first kappa shape index (κ1) is 12.7. The Morgan fingerprint density at radius 1 is 1.33 bits per heavy atom. The summed E-state index contributed by atoms with van der Waals surface area (Å²) in [4.78, 5) is 4.27. The summed E-state index contributed by atoms with van der Waals surface area (Å²) in [6, 6.07) is 6.06. The number of alkyl halides is 2. The minimum Gasteiger partial charge on any atom is -0.434 e. The number of thiazole rings is 1. The van der Waals surface area contributed by atoms with Crippen molar-refractivity contribution in [2.24, 2.45) is 0 Å². The van der Waals surface area contributed by atoms with Crippen LogP contribution >= 0.6 is 11.3 Å². The van der Waals surface area contributed by atoms with Crippen molar-refractivity contribution in [2.45, 2.75) is 12.7 Å². The summed E-state index contributed by atoms with van der Waals surface area (Å²) in [6.45, 7) is -2.94. The van der Waals surface area contributed by atoms with Crippen LogP contribution in [0.3, 0.4) is 0 Å². The largest absolute Gasteiger partial charge is 0.434 e. The maximum absolute atomic E-state index is 12.2. The quantitative estimate of drug-likeness (QED) is 0.896. The van der Waals surface area contributed by atoms with Crippen LogP contribution in [0.5, 0.6) is 5.75 Å². The number of nitrogens with zero attached hydrogens (tertiary/aromatic N) is 1. The van der Waals surface area contributed by atoms with E-state index in [2.05, 4.69) is 9.72 Å². The smallest absolute Gasteiger partial charge is 0.387 e. The minimum atomic E-state index is -2.94. The Kier molecular flexibility index (Phi) is 3.73. The highest BCUT2D eigenvalue weighted by Crippen LogP contribution is 2.33. The molecule has 0 aliphatic rings. The summed E-state index contributed by atoms with van der Waals surface area (Å²) >= 11 is 1.09. The molecule has 7 heteroatoms. The molecule has 0 saturated carbocycles. The standard InChI is InChI=1S/C11H10F2N2O2S/c12-10(13)17-7-4-2-1-3-6(7)9(16)8-5-15-11(14)18-8/h1-5,9-10,16H,(H2,14,15). The van der Waals surface area contributed by atoms with Gasteiger partial charge in [0.1, 0.15) is 11.9 Å². The maximum Gasteiger partial charge on any atom is 0.387 e. The summed E-state index contributed by atoms with van der Waals surface area (Å²) in [6.07, 6.45) is 0.318. The van der Waals surface area contributed by atoms with Crippen LogP contribution in [0, 0.1) is 0 Å². The Labute approximate surface area is 106 Å². The average Bonchev–Trinajstić information content (AvgIpc) is 2.75. The van der Waals surface area contributed by atoms with Crippen LogP contribution in [0.4, 0.5) is 13.9 Å². The zero-order valence-corrected chi connectivity index (χ0v) is 9.90. The number of para-hydroxylation sites is 1. The molecule has 0 spiro atoms. The predicted molar refractivity (Wildman–Crippen MR) is 63.7 cm³/mol. The van der Waals surface area contributed by atoms with Gasteiger partial charge in [-0.05, 0) is 6.07 Å². The molecular formula is C11H10F2N2O2S. The summed E-state index contributed by atoms with van der Waals surface area (Å²) in [5, 5.41) is 10.4. The van der Waals surface area contributed by atoms with Crippen molar-refractivity contribution in [2.75, 3.05) is 5.73 Å². The molecule has 0 aliphatic heterocycles. The summed E-state index contributed by atoms with van der Waals surface area (Å²) in [5.41, 5.74) is 5.71. The van der Waals surface area contributed by atoms with Gasteiger partial charge in [-0.1, -0.05) is 29.5 Å². The van der Waals surface area contributed by atoms with Crippen LogP contribution in [-0.4, -0.2) is 16.7 Å². The molecule has 3 N–H and O–H groups in total. The van der Waals surface area contributed by atoms with E-state index in [0.29, 0.717) is 10.0 Å². The first-order valence-electron chi connectivity index (χ1n) is 5.01. The Bertz CT molecular complexity index is 533. The van der Waals surface area contributed by atoms with E-state index in [9.17, 15) is 13.9 Å². The zero-order chi connectivity index (χ0) is 13.1. The number of nitrogen functional groups attached to an aromatic ring is 1. The second-order valence-corrected chi connectivity index (χ2v) is 4.51. The van der Waals surface area contributed by atoms with Gasteiger partial charge in [0.05, 0.1) is 4.88 Å². The summed E-state index contributed by atoms with van der Waals surface area (Å²) in [7, 11) is 0. The van der Waals surface area contributed by atoms with Gasteiger partial charge in [-0.2, -0.15) is 8.78 Å². The second kappa shape index (κ2) is 5.28. The number of benzene rings is 1. The molecule has 0 aliphatic carbocycles. The topological polar surface area (TPSA) is 68.4 Å². The molecule has 1 aromatic carbocycles. The normalized spacial score (nSPS) is 12.7. The number of aliphatic hydroxyl groups excluding tert-OH is 1. The van der Waals surface area contributed by atoms with Crippen molar-refractivity contribution in [1.29, 1.82) is 0 Å². The van der Waals surface area contributed by atoms with E-state index < -0.39 is 12.7 Å². The van der Waals surface area contributed by atoms with E-state index in [1.54, 1.807) is 12.1 Å². The first-order chi connectivity index (χ1) is 8.58. The molecule has 0 fully saturated rings. The van der Waals surface area contributed by atoms with E-state index in [-0.39, 0.29) is 11.3 Å². The van der Waals surface area contributed by atoms with Crippen molar-refractivity contribution >= 4 is 16.5 Å². The van der Waals surface area contributed by atoms with Gasteiger partial charge in [-0.3, -0.25) is 0 Å². The third-order valence-electron chi connectivity index (χ3n) is 2.24. The maximum atomic E-state index is 12.2. The average molecular weight is 272 g/mol.